The van der Waals surface area contributed by atoms with Gasteiger partial charge in [-0.3, -0.25) is 0 Å². The zero-order valence-corrected chi connectivity index (χ0v) is 7.79. The van der Waals surface area contributed by atoms with Crippen LogP contribution >= 0.6 is 0 Å². The van der Waals surface area contributed by atoms with Gasteiger partial charge in [0.15, 0.2) is 5.76 Å². The van der Waals surface area contributed by atoms with Crippen molar-refractivity contribution >= 4 is 0 Å². The topological polar surface area (TPSA) is 52.0 Å². The van der Waals surface area contributed by atoms with E-state index in [0.717, 1.165) is 36.1 Å². The highest BCUT2D eigenvalue weighted by Crippen LogP contribution is 2.58. The van der Waals surface area contributed by atoms with Crippen molar-refractivity contribution in [3.63, 3.8) is 0 Å². The second-order valence-electron chi connectivity index (χ2n) is 4.65. The zero-order valence-electron chi connectivity index (χ0n) is 7.79. The number of fused-ring (bicyclic) bond motifs is 1. The molecule has 3 rings (SSSR count). The van der Waals surface area contributed by atoms with E-state index in [-0.39, 0.29) is 5.54 Å². The number of nitrogens with two attached hydrogens (primary N) is 1. The van der Waals surface area contributed by atoms with E-state index in [1.807, 2.05) is 13.0 Å². The molecule has 2 aliphatic rings. The summed E-state index contributed by atoms with van der Waals surface area (Å²) in [5.74, 6) is 2.63. The number of aryl methyl sites for hydroxylation is 1. The fraction of sp³-hybridized carbons (Fsp3) is 0.700. The molecule has 0 amide bonds. The third kappa shape index (κ3) is 1.03. The van der Waals surface area contributed by atoms with Crippen LogP contribution in [-0.2, 0) is 5.54 Å². The molecule has 2 N–H and O–H groups in total. The van der Waals surface area contributed by atoms with Crippen molar-refractivity contribution in [3.05, 3.63) is 17.5 Å². The van der Waals surface area contributed by atoms with Gasteiger partial charge in [-0.2, -0.15) is 0 Å². The van der Waals surface area contributed by atoms with E-state index >= 15 is 0 Å². The smallest absolute Gasteiger partial charge is 0.156 e. The molecule has 0 bridgehead atoms. The summed E-state index contributed by atoms with van der Waals surface area (Å²) >= 11 is 0. The maximum Gasteiger partial charge on any atom is 0.156 e. The number of hydrogen-bond donors (Lipinski definition) is 1. The largest absolute Gasteiger partial charge is 0.359 e. The molecule has 0 radical (unpaired) electrons. The summed E-state index contributed by atoms with van der Waals surface area (Å²) in [6.07, 6.45) is 3.56. The standard InChI is InChI=1S/C10H14N2O/c1-6-2-9(13-12-6)10(11)4-7-3-8(7)5-10/h2,7-8H,3-5,11H2,1H3. The molecule has 0 aromatic carbocycles. The summed E-state index contributed by atoms with van der Waals surface area (Å²) in [5.41, 5.74) is 7.01. The molecule has 1 heterocycles. The maximum absolute atomic E-state index is 6.28. The van der Waals surface area contributed by atoms with E-state index < -0.39 is 0 Å². The molecule has 1 aromatic heterocycles. The lowest BCUT2D eigenvalue weighted by molar-refractivity contribution is 0.277. The molecule has 0 aliphatic heterocycles. The van der Waals surface area contributed by atoms with Crippen molar-refractivity contribution in [2.45, 2.75) is 31.7 Å². The Bertz CT molecular complexity index is 334. The van der Waals surface area contributed by atoms with Crippen LogP contribution in [0.25, 0.3) is 0 Å². The summed E-state index contributed by atoms with van der Waals surface area (Å²) in [7, 11) is 0. The van der Waals surface area contributed by atoms with Gasteiger partial charge < -0.3 is 10.3 Å². The molecule has 2 saturated carbocycles. The Labute approximate surface area is 77.3 Å². The van der Waals surface area contributed by atoms with Gasteiger partial charge >= 0.3 is 0 Å². The van der Waals surface area contributed by atoms with E-state index in [2.05, 4.69) is 5.16 Å². The molecule has 2 atom stereocenters. The molecular formula is C10H14N2O. The van der Waals surface area contributed by atoms with Crippen LogP contribution < -0.4 is 5.73 Å². The fourth-order valence-corrected chi connectivity index (χ4v) is 2.63. The van der Waals surface area contributed by atoms with Crippen molar-refractivity contribution in [1.29, 1.82) is 0 Å². The van der Waals surface area contributed by atoms with Gasteiger partial charge in [0.25, 0.3) is 0 Å². The van der Waals surface area contributed by atoms with Crippen LogP contribution in [0.2, 0.25) is 0 Å². The van der Waals surface area contributed by atoms with Crippen molar-refractivity contribution in [3.8, 4) is 0 Å². The Morgan fingerprint density at radius 3 is 2.77 bits per heavy atom. The number of nitrogens with zero attached hydrogens (tertiary/aromatic N) is 1. The minimum atomic E-state index is -0.200. The van der Waals surface area contributed by atoms with Crippen molar-refractivity contribution < 1.29 is 4.52 Å². The van der Waals surface area contributed by atoms with Gasteiger partial charge in [-0.25, -0.2) is 0 Å². The van der Waals surface area contributed by atoms with Crippen LogP contribution in [0.15, 0.2) is 10.6 Å². The minimum Gasteiger partial charge on any atom is -0.359 e. The molecule has 2 aliphatic carbocycles. The van der Waals surface area contributed by atoms with Gasteiger partial charge in [0, 0.05) is 6.07 Å². The Morgan fingerprint density at radius 1 is 1.54 bits per heavy atom. The first-order chi connectivity index (χ1) is 6.17. The SMILES string of the molecule is Cc1cc(C2(N)CC3CC3C2)on1. The summed E-state index contributed by atoms with van der Waals surface area (Å²) in [5, 5.41) is 3.89. The van der Waals surface area contributed by atoms with E-state index in [9.17, 15) is 0 Å². The lowest BCUT2D eigenvalue weighted by Crippen LogP contribution is -2.34. The molecule has 2 fully saturated rings. The predicted molar refractivity (Wildman–Crippen MR) is 47.9 cm³/mol. The summed E-state index contributed by atoms with van der Waals surface area (Å²) in [4.78, 5) is 0. The Balaban J connectivity index is 1.91. The van der Waals surface area contributed by atoms with Gasteiger partial charge in [-0.05, 0) is 38.0 Å². The molecule has 13 heavy (non-hydrogen) atoms. The average molecular weight is 178 g/mol. The second kappa shape index (κ2) is 2.15. The van der Waals surface area contributed by atoms with Gasteiger partial charge in [-0.15, -0.1) is 0 Å². The van der Waals surface area contributed by atoms with Crippen molar-refractivity contribution in [1.82, 2.24) is 5.16 Å². The molecule has 0 spiro atoms. The fourth-order valence-electron chi connectivity index (χ4n) is 2.63. The van der Waals surface area contributed by atoms with Gasteiger partial charge in [-0.1, -0.05) is 5.16 Å². The molecule has 0 saturated heterocycles. The number of aromatic nitrogens is 1. The highest BCUT2D eigenvalue weighted by Gasteiger charge is 2.54. The monoisotopic (exact) mass is 178 g/mol. The lowest BCUT2D eigenvalue weighted by Gasteiger charge is -2.21. The van der Waals surface area contributed by atoms with Gasteiger partial charge in [0.1, 0.15) is 0 Å². The molecule has 1 aromatic rings. The van der Waals surface area contributed by atoms with E-state index in [4.69, 9.17) is 10.3 Å². The summed E-state index contributed by atoms with van der Waals surface area (Å²) < 4.78 is 5.25. The lowest BCUT2D eigenvalue weighted by atomic mass is 9.91. The van der Waals surface area contributed by atoms with E-state index in [0.29, 0.717) is 0 Å². The first-order valence-electron chi connectivity index (χ1n) is 4.90. The van der Waals surface area contributed by atoms with Crippen LogP contribution in [-0.4, -0.2) is 5.16 Å². The molecular weight excluding hydrogens is 164 g/mol. The van der Waals surface area contributed by atoms with E-state index in [1.54, 1.807) is 0 Å². The van der Waals surface area contributed by atoms with Crippen LogP contribution in [0.3, 0.4) is 0 Å². The van der Waals surface area contributed by atoms with Crippen LogP contribution in [0, 0.1) is 18.8 Å². The van der Waals surface area contributed by atoms with Crippen LogP contribution in [0.1, 0.15) is 30.7 Å². The molecule has 70 valence electrons. The summed E-state index contributed by atoms with van der Waals surface area (Å²) in [6, 6.07) is 1.98. The second-order valence-corrected chi connectivity index (χ2v) is 4.65. The van der Waals surface area contributed by atoms with E-state index in [1.165, 1.54) is 6.42 Å². The Morgan fingerprint density at radius 2 is 2.23 bits per heavy atom. The van der Waals surface area contributed by atoms with Crippen LogP contribution in [0.4, 0.5) is 0 Å². The Hall–Kier alpha value is -0.830. The number of hydrogen-bond acceptors (Lipinski definition) is 3. The zero-order chi connectivity index (χ0) is 9.05. The number of rotatable bonds is 1. The first kappa shape index (κ1) is 7.56. The van der Waals surface area contributed by atoms with Gasteiger partial charge in [0.05, 0.1) is 11.2 Å². The average Bonchev–Trinajstić information content (AvgIpc) is 2.54. The molecule has 3 nitrogen and oxygen atoms in total. The highest BCUT2D eigenvalue weighted by atomic mass is 16.5. The normalized spacial score (nSPS) is 42.0. The highest BCUT2D eigenvalue weighted by molar-refractivity contribution is 5.20. The summed E-state index contributed by atoms with van der Waals surface area (Å²) in [6.45, 7) is 1.94. The Kier molecular flexibility index (Phi) is 1.25. The molecule has 3 heteroatoms. The van der Waals surface area contributed by atoms with Crippen LogP contribution in [0.5, 0.6) is 0 Å². The molecule has 2 unspecified atom stereocenters. The van der Waals surface area contributed by atoms with Crippen molar-refractivity contribution in [2.75, 3.05) is 0 Å². The maximum atomic E-state index is 6.28. The predicted octanol–water partition coefficient (Wildman–Crippen LogP) is 1.57. The van der Waals surface area contributed by atoms with Gasteiger partial charge in [0.2, 0.25) is 0 Å². The van der Waals surface area contributed by atoms with Crippen molar-refractivity contribution in [2.24, 2.45) is 17.6 Å². The minimum absolute atomic E-state index is 0.200. The third-order valence-corrected chi connectivity index (χ3v) is 3.44. The third-order valence-electron chi connectivity index (χ3n) is 3.44. The first-order valence-corrected chi connectivity index (χ1v) is 4.90. The quantitative estimate of drug-likeness (QED) is 0.710.